The predicted octanol–water partition coefficient (Wildman–Crippen LogP) is 3.19. The van der Waals surface area contributed by atoms with Crippen LogP contribution in [0.5, 0.6) is 5.75 Å². The van der Waals surface area contributed by atoms with Gasteiger partial charge in [-0.2, -0.15) is 0 Å². The molecule has 2 amide bonds. The number of methoxy groups -OCH3 is 1. The van der Waals surface area contributed by atoms with Crippen LogP contribution in [0.1, 0.15) is 47.2 Å². The average Bonchev–Trinajstić information content (AvgIpc) is 3.54. The Labute approximate surface area is 180 Å². The summed E-state index contributed by atoms with van der Waals surface area (Å²) in [6.45, 7) is 1.95. The number of carbonyl (C=O) groups is 3. The number of hydrogen-bond donors (Lipinski definition) is 0. The van der Waals surface area contributed by atoms with Crippen LogP contribution in [0, 0.1) is 6.92 Å². The molecule has 5 rings (SSSR count). The SMILES string of the molecule is COc1ccc(C)cc1COC(=O)[C@@]12CCC(=O)N1c1ccccc1C(=O)N2C1CC1. The van der Waals surface area contributed by atoms with Crippen molar-refractivity contribution in [3.63, 3.8) is 0 Å². The number of aryl methyl sites for hydroxylation is 1. The summed E-state index contributed by atoms with van der Waals surface area (Å²) in [5, 5.41) is 0. The Balaban J connectivity index is 1.54. The number of para-hydroxylation sites is 1. The normalized spacial score (nSPS) is 22.3. The minimum atomic E-state index is -1.43. The fraction of sp³-hybridized carbons (Fsp3) is 0.375. The number of anilines is 1. The van der Waals surface area contributed by atoms with E-state index >= 15 is 0 Å². The molecule has 0 bridgehead atoms. The van der Waals surface area contributed by atoms with Gasteiger partial charge in [-0.05, 0) is 44.0 Å². The number of ether oxygens (including phenoxy) is 2. The van der Waals surface area contributed by atoms with E-state index in [0.29, 0.717) is 17.0 Å². The van der Waals surface area contributed by atoms with Crippen molar-refractivity contribution in [1.82, 2.24) is 4.90 Å². The Kier molecular flexibility index (Phi) is 4.50. The van der Waals surface area contributed by atoms with E-state index in [2.05, 4.69) is 0 Å². The molecule has 2 aliphatic heterocycles. The maximum absolute atomic E-state index is 13.7. The molecule has 3 aliphatic rings. The molecular formula is C24H24N2O5. The molecule has 0 N–H and O–H groups in total. The number of nitrogens with zero attached hydrogens (tertiary/aromatic N) is 2. The standard InChI is InChI=1S/C24H24N2O5/c1-15-7-10-20(30-2)16(13-15)14-31-23(29)24-12-11-21(27)26(24)19-6-4-3-5-18(19)22(28)25(24)17-8-9-17/h3-7,10,13,17H,8-9,11-12,14H2,1-2H3/t24-/m1/s1. The molecule has 2 heterocycles. The highest BCUT2D eigenvalue weighted by Crippen LogP contribution is 2.49. The first kappa shape index (κ1) is 19.6. The molecule has 0 aromatic heterocycles. The highest BCUT2D eigenvalue weighted by Gasteiger charge is 2.64. The molecule has 2 aromatic rings. The van der Waals surface area contributed by atoms with E-state index in [9.17, 15) is 14.4 Å². The van der Waals surface area contributed by atoms with E-state index < -0.39 is 11.6 Å². The first-order chi connectivity index (χ1) is 15.0. The summed E-state index contributed by atoms with van der Waals surface area (Å²) in [5.74, 6) is -0.333. The minimum absolute atomic E-state index is 0.00180. The molecule has 0 radical (unpaired) electrons. The summed E-state index contributed by atoms with van der Waals surface area (Å²) in [7, 11) is 1.57. The fourth-order valence-corrected chi connectivity index (χ4v) is 4.79. The van der Waals surface area contributed by atoms with Gasteiger partial charge in [0.2, 0.25) is 11.6 Å². The van der Waals surface area contributed by atoms with E-state index in [4.69, 9.17) is 9.47 Å². The highest BCUT2D eigenvalue weighted by atomic mass is 16.5. The molecule has 1 saturated heterocycles. The lowest BCUT2D eigenvalue weighted by Crippen LogP contribution is -2.69. The molecule has 31 heavy (non-hydrogen) atoms. The van der Waals surface area contributed by atoms with Crippen LogP contribution < -0.4 is 9.64 Å². The van der Waals surface area contributed by atoms with Gasteiger partial charge in [-0.15, -0.1) is 0 Å². The molecule has 0 spiro atoms. The molecule has 7 nitrogen and oxygen atoms in total. The van der Waals surface area contributed by atoms with Crippen molar-refractivity contribution in [2.24, 2.45) is 0 Å². The van der Waals surface area contributed by atoms with E-state index in [-0.39, 0.29) is 37.3 Å². The third kappa shape index (κ3) is 2.91. The molecule has 2 aromatic carbocycles. The number of carbonyl (C=O) groups excluding carboxylic acids is 3. The Bertz CT molecular complexity index is 1090. The topological polar surface area (TPSA) is 76.1 Å². The molecule has 7 heteroatoms. The van der Waals surface area contributed by atoms with Gasteiger partial charge in [-0.1, -0.05) is 23.8 Å². The van der Waals surface area contributed by atoms with Gasteiger partial charge in [-0.25, -0.2) is 4.79 Å². The fourth-order valence-electron chi connectivity index (χ4n) is 4.79. The van der Waals surface area contributed by atoms with Crippen molar-refractivity contribution in [3.05, 3.63) is 59.2 Å². The zero-order valence-corrected chi connectivity index (χ0v) is 17.6. The Hall–Kier alpha value is -3.35. The summed E-state index contributed by atoms with van der Waals surface area (Å²) in [5.41, 5.74) is 1.26. The van der Waals surface area contributed by atoms with Gasteiger partial charge in [0.25, 0.3) is 5.91 Å². The average molecular weight is 420 g/mol. The Morgan fingerprint density at radius 2 is 1.94 bits per heavy atom. The quantitative estimate of drug-likeness (QED) is 0.695. The van der Waals surface area contributed by atoms with E-state index in [1.165, 1.54) is 4.90 Å². The Morgan fingerprint density at radius 1 is 1.16 bits per heavy atom. The van der Waals surface area contributed by atoms with Crippen LogP contribution >= 0.6 is 0 Å². The lowest BCUT2D eigenvalue weighted by molar-refractivity contribution is -0.159. The number of hydrogen-bond acceptors (Lipinski definition) is 5. The summed E-state index contributed by atoms with van der Waals surface area (Å²) in [6.07, 6.45) is 2.05. The largest absolute Gasteiger partial charge is 0.496 e. The molecule has 1 aliphatic carbocycles. The second kappa shape index (κ2) is 7.11. The van der Waals surface area contributed by atoms with Gasteiger partial charge in [0.1, 0.15) is 12.4 Å². The van der Waals surface area contributed by atoms with Crippen molar-refractivity contribution in [1.29, 1.82) is 0 Å². The molecule has 1 atom stereocenters. The first-order valence-electron chi connectivity index (χ1n) is 10.5. The van der Waals surface area contributed by atoms with Gasteiger partial charge in [0.05, 0.1) is 18.4 Å². The second-order valence-corrected chi connectivity index (χ2v) is 8.36. The summed E-state index contributed by atoms with van der Waals surface area (Å²) >= 11 is 0. The van der Waals surface area contributed by atoms with Gasteiger partial charge in [0, 0.05) is 24.4 Å². The van der Waals surface area contributed by atoms with Crippen molar-refractivity contribution < 1.29 is 23.9 Å². The van der Waals surface area contributed by atoms with Crippen molar-refractivity contribution in [2.75, 3.05) is 12.0 Å². The van der Waals surface area contributed by atoms with E-state index in [1.54, 1.807) is 36.3 Å². The lowest BCUT2D eigenvalue weighted by Gasteiger charge is -2.48. The van der Waals surface area contributed by atoms with Crippen LogP contribution in [-0.2, 0) is 20.9 Å². The van der Waals surface area contributed by atoms with Gasteiger partial charge in [-0.3, -0.25) is 14.5 Å². The number of rotatable bonds is 5. The van der Waals surface area contributed by atoms with Crippen LogP contribution in [0.4, 0.5) is 5.69 Å². The van der Waals surface area contributed by atoms with Gasteiger partial charge in [0.15, 0.2) is 0 Å². The molecular weight excluding hydrogens is 396 g/mol. The summed E-state index contributed by atoms with van der Waals surface area (Å²) in [6, 6.07) is 12.6. The second-order valence-electron chi connectivity index (χ2n) is 8.36. The maximum atomic E-state index is 13.7. The molecule has 1 saturated carbocycles. The van der Waals surface area contributed by atoms with Gasteiger partial charge >= 0.3 is 5.97 Å². The number of esters is 1. The Morgan fingerprint density at radius 3 is 2.68 bits per heavy atom. The molecule has 2 fully saturated rings. The smallest absolute Gasteiger partial charge is 0.354 e. The van der Waals surface area contributed by atoms with Crippen molar-refractivity contribution >= 4 is 23.5 Å². The minimum Gasteiger partial charge on any atom is -0.496 e. The highest BCUT2D eigenvalue weighted by molar-refractivity contribution is 6.15. The van der Waals surface area contributed by atoms with Crippen LogP contribution in [-0.4, -0.2) is 41.5 Å². The van der Waals surface area contributed by atoms with Crippen LogP contribution in [0.2, 0.25) is 0 Å². The van der Waals surface area contributed by atoms with E-state index in [1.807, 2.05) is 25.1 Å². The van der Waals surface area contributed by atoms with Crippen LogP contribution in [0.15, 0.2) is 42.5 Å². The molecule has 160 valence electrons. The number of benzene rings is 2. The summed E-state index contributed by atoms with van der Waals surface area (Å²) < 4.78 is 11.2. The lowest BCUT2D eigenvalue weighted by atomic mass is 9.96. The summed E-state index contributed by atoms with van der Waals surface area (Å²) in [4.78, 5) is 43.1. The number of fused-ring (bicyclic) bond motifs is 3. The third-order valence-corrected chi connectivity index (χ3v) is 6.33. The van der Waals surface area contributed by atoms with Crippen LogP contribution in [0.3, 0.4) is 0 Å². The van der Waals surface area contributed by atoms with Crippen molar-refractivity contribution in [2.45, 2.75) is 50.9 Å². The zero-order chi connectivity index (χ0) is 21.8. The van der Waals surface area contributed by atoms with E-state index in [0.717, 1.165) is 24.0 Å². The zero-order valence-electron chi connectivity index (χ0n) is 17.6. The molecule has 0 unspecified atom stereocenters. The monoisotopic (exact) mass is 420 g/mol. The van der Waals surface area contributed by atoms with Crippen LogP contribution in [0.25, 0.3) is 0 Å². The van der Waals surface area contributed by atoms with Crippen molar-refractivity contribution in [3.8, 4) is 5.75 Å². The third-order valence-electron chi connectivity index (χ3n) is 6.33. The predicted molar refractivity (Wildman–Crippen MR) is 113 cm³/mol. The maximum Gasteiger partial charge on any atom is 0.354 e. The number of amides is 2. The van der Waals surface area contributed by atoms with Gasteiger partial charge < -0.3 is 14.4 Å². The first-order valence-corrected chi connectivity index (χ1v) is 10.5.